The van der Waals surface area contributed by atoms with Crippen LogP contribution in [0.1, 0.15) is 25.3 Å². The van der Waals surface area contributed by atoms with E-state index in [1.807, 2.05) is 38.1 Å². The largest absolute Gasteiger partial charge is 0.491 e. The van der Waals surface area contributed by atoms with Crippen LogP contribution in [0.5, 0.6) is 5.75 Å². The number of ether oxygens (including phenoxy) is 1. The summed E-state index contributed by atoms with van der Waals surface area (Å²) < 4.78 is 32.8. The molecule has 3 rings (SSSR count). The molecule has 1 fully saturated rings. The van der Waals surface area contributed by atoms with Crippen LogP contribution in [0.15, 0.2) is 46.0 Å². The van der Waals surface area contributed by atoms with Crippen LogP contribution in [0, 0.1) is 12.8 Å². The molecule has 8 heteroatoms. The second kappa shape index (κ2) is 9.07. The van der Waals surface area contributed by atoms with E-state index >= 15 is 0 Å². The van der Waals surface area contributed by atoms with Crippen LogP contribution in [0.2, 0.25) is 0 Å². The molecule has 28 heavy (non-hydrogen) atoms. The van der Waals surface area contributed by atoms with Crippen molar-refractivity contribution in [3.8, 4) is 5.75 Å². The Labute approximate surface area is 170 Å². The minimum atomic E-state index is -3.43. The summed E-state index contributed by atoms with van der Waals surface area (Å²) in [6.45, 7) is 5.02. The van der Waals surface area contributed by atoms with Crippen LogP contribution < -0.4 is 10.1 Å². The fourth-order valence-corrected chi connectivity index (χ4v) is 5.85. The Hall–Kier alpha value is -1.90. The topological polar surface area (TPSA) is 75.7 Å². The van der Waals surface area contributed by atoms with Gasteiger partial charge in [0.15, 0.2) is 0 Å². The van der Waals surface area contributed by atoms with Crippen LogP contribution in [0.4, 0.5) is 0 Å². The van der Waals surface area contributed by atoms with Crippen molar-refractivity contribution in [2.45, 2.75) is 36.9 Å². The molecule has 0 aliphatic carbocycles. The summed E-state index contributed by atoms with van der Waals surface area (Å²) >= 11 is 1.22. The number of nitrogens with zero attached hydrogens (tertiary/aromatic N) is 1. The van der Waals surface area contributed by atoms with Crippen molar-refractivity contribution in [2.75, 3.05) is 19.7 Å². The summed E-state index contributed by atoms with van der Waals surface area (Å²) in [7, 11) is -3.43. The lowest BCUT2D eigenvalue weighted by atomic mass is 9.97. The van der Waals surface area contributed by atoms with E-state index in [1.165, 1.54) is 15.6 Å². The Morgan fingerprint density at radius 3 is 2.61 bits per heavy atom. The van der Waals surface area contributed by atoms with E-state index in [1.54, 1.807) is 17.5 Å². The Morgan fingerprint density at radius 1 is 1.25 bits per heavy atom. The molecule has 0 saturated carbocycles. The van der Waals surface area contributed by atoms with Crippen LogP contribution in [-0.4, -0.2) is 44.4 Å². The van der Waals surface area contributed by atoms with Gasteiger partial charge >= 0.3 is 0 Å². The third-order valence-corrected chi connectivity index (χ3v) is 8.16. The fraction of sp³-hybridized carbons (Fsp3) is 0.450. The number of para-hydroxylation sites is 1. The van der Waals surface area contributed by atoms with Crippen molar-refractivity contribution in [2.24, 2.45) is 5.92 Å². The predicted octanol–water partition coefficient (Wildman–Crippen LogP) is 3.04. The first-order valence-corrected chi connectivity index (χ1v) is 11.7. The highest BCUT2D eigenvalue weighted by atomic mass is 32.2. The van der Waals surface area contributed by atoms with Crippen molar-refractivity contribution in [1.29, 1.82) is 0 Å². The summed E-state index contributed by atoms with van der Waals surface area (Å²) in [5.74, 6) is 0.612. The predicted molar refractivity (Wildman–Crippen MR) is 110 cm³/mol. The number of nitrogens with one attached hydrogen (secondary N) is 1. The molecule has 1 amide bonds. The van der Waals surface area contributed by atoms with E-state index in [0.717, 1.165) is 11.3 Å². The highest BCUT2D eigenvalue weighted by Crippen LogP contribution is 2.26. The number of rotatable bonds is 7. The quantitative estimate of drug-likeness (QED) is 0.744. The Balaban J connectivity index is 1.46. The summed E-state index contributed by atoms with van der Waals surface area (Å²) in [6, 6.07) is 11.0. The van der Waals surface area contributed by atoms with Crippen molar-refractivity contribution in [3.05, 3.63) is 47.3 Å². The van der Waals surface area contributed by atoms with Gasteiger partial charge in [0.2, 0.25) is 5.91 Å². The van der Waals surface area contributed by atoms with E-state index in [-0.39, 0.29) is 17.9 Å². The summed E-state index contributed by atoms with van der Waals surface area (Å²) in [5, 5.41) is 4.75. The van der Waals surface area contributed by atoms with Crippen LogP contribution in [-0.2, 0) is 14.8 Å². The number of piperidine rings is 1. The molecule has 0 spiro atoms. The second-order valence-corrected chi connectivity index (χ2v) is 10.2. The standard InChI is InChI=1S/C20H26N2O4S2/c1-15-6-3-4-7-18(15)26-14-16(2)21-20(23)17-9-11-22(12-10-17)28(24,25)19-8-5-13-27-19/h3-8,13,16-17H,9-12,14H2,1-2H3,(H,21,23). The molecule has 152 valence electrons. The second-order valence-electron chi connectivity index (χ2n) is 7.10. The molecule has 1 aromatic heterocycles. The number of thiophene rings is 1. The molecule has 1 N–H and O–H groups in total. The molecule has 6 nitrogen and oxygen atoms in total. The van der Waals surface area contributed by atoms with Gasteiger partial charge in [0.25, 0.3) is 10.0 Å². The van der Waals surface area contributed by atoms with Crippen LogP contribution in [0.25, 0.3) is 0 Å². The molecule has 2 aromatic rings. The first-order chi connectivity index (χ1) is 13.4. The normalized spacial score (nSPS) is 17.2. The van der Waals surface area contributed by atoms with Gasteiger partial charge in [-0.15, -0.1) is 11.3 Å². The molecule has 0 bridgehead atoms. The van der Waals surface area contributed by atoms with Gasteiger partial charge in [-0.1, -0.05) is 24.3 Å². The minimum Gasteiger partial charge on any atom is -0.491 e. The molecule has 1 unspecified atom stereocenters. The van der Waals surface area contributed by atoms with Gasteiger partial charge in [0.05, 0.1) is 6.04 Å². The van der Waals surface area contributed by atoms with Crippen molar-refractivity contribution in [3.63, 3.8) is 0 Å². The van der Waals surface area contributed by atoms with Crippen LogP contribution in [0.3, 0.4) is 0 Å². The van der Waals surface area contributed by atoms with Crippen LogP contribution >= 0.6 is 11.3 Å². The molecule has 1 aliphatic heterocycles. The van der Waals surface area contributed by atoms with Crippen molar-refractivity contribution in [1.82, 2.24) is 9.62 Å². The lowest BCUT2D eigenvalue weighted by Gasteiger charge is -2.30. The van der Waals surface area contributed by atoms with E-state index < -0.39 is 10.0 Å². The first-order valence-electron chi connectivity index (χ1n) is 9.40. The van der Waals surface area contributed by atoms with E-state index in [0.29, 0.717) is 36.7 Å². The molecule has 1 atom stereocenters. The highest BCUT2D eigenvalue weighted by molar-refractivity contribution is 7.91. The molecule has 1 aliphatic rings. The molecule has 1 saturated heterocycles. The van der Waals surface area contributed by atoms with Gasteiger partial charge in [-0.2, -0.15) is 4.31 Å². The minimum absolute atomic E-state index is 0.0333. The van der Waals surface area contributed by atoms with Gasteiger partial charge in [0.1, 0.15) is 16.6 Å². The molecular weight excluding hydrogens is 396 g/mol. The lowest BCUT2D eigenvalue weighted by Crippen LogP contribution is -2.45. The number of hydrogen-bond donors (Lipinski definition) is 1. The summed E-state index contributed by atoms with van der Waals surface area (Å²) in [5.41, 5.74) is 1.06. The fourth-order valence-electron chi connectivity index (χ4n) is 3.23. The Kier molecular flexibility index (Phi) is 6.74. The molecule has 1 aromatic carbocycles. The zero-order valence-electron chi connectivity index (χ0n) is 16.1. The molecule has 0 radical (unpaired) electrons. The molecule has 2 heterocycles. The number of hydrogen-bond acceptors (Lipinski definition) is 5. The average Bonchev–Trinajstić information content (AvgIpc) is 3.23. The molecular formula is C20H26N2O4S2. The van der Waals surface area contributed by atoms with Gasteiger partial charge in [-0.3, -0.25) is 4.79 Å². The Bertz CT molecular complexity index is 889. The number of carbonyl (C=O) groups excluding carboxylic acids is 1. The van der Waals surface area contributed by atoms with Crippen molar-refractivity contribution >= 4 is 27.3 Å². The van der Waals surface area contributed by atoms with Gasteiger partial charge < -0.3 is 10.1 Å². The van der Waals surface area contributed by atoms with Crippen molar-refractivity contribution < 1.29 is 17.9 Å². The smallest absolute Gasteiger partial charge is 0.252 e. The van der Waals surface area contributed by atoms with E-state index in [2.05, 4.69) is 5.32 Å². The van der Waals surface area contributed by atoms with Gasteiger partial charge in [-0.05, 0) is 49.8 Å². The number of benzene rings is 1. The van der Waals surface area contributed by atoms with E-state index in [4.69, 9.17) is 4.74 Å². The number of amides is 1. The zero-order valence-corrected chi connectivity index (χ0v) is 17.8. The maximum atomic E-state index is 12.6. The first kappa shape index (κ1) is 20.8. The third kappa shape index (κ3) is 4.92. The van der Waals surface area contributed by atoms with Gasteiger partial charge in [-0.25, -0.2) is 8.42 Å². The maximum Gasteiger partial charge on any atom is 0.252 e. The summed E-state index contributed by atoms with van der Waals surface area (Å²) in [4.78, 5) is 12.5. The zero-order chi connectivity index (χ0) is 20.1. The number of sulfonamides is 1. The highest BCUT2D eigenvalue weighted by Gasteiger charge is 2.32. The average molecular weight is 423 g/mol. The summed E-state index contributed by atoms with van der Waals surface area (Å²) in [6.07, 6.45) is 1.06. The Morgan fingerprint density at radius 2 is 1.96 bits per heavy atom. The monoisotopic (exact) mass is 422 g/mol. The third-order valence-electron chi connectivity index (χ3n) is 4.89. The lowest BCUT2D eigenvalue weighted by molar-refractivity contribution is -0.126. The SMILES string of the molecule is Cc1ccccc1OCC(C)NC(=O)C1CCN(S(=O)(=O)c2cccs2)CC1. The number of carbonyl (C=O) groups is 1. The maximum absolute atomic E-state index is 12.6. The number of aryl methyl sites for hydroxylation is 1. The van der Waals surface area contributed by atoms with E-state index in [9.17, 15) is 13.2 Å². The van der Waals surface area contributed by atoms with Gasteiger partial charge in [0, 0.05) is 19.0 Å².